The molecule has 164 valence electrons. The Morgan fingerprint density at radius 1 is 0.812 bits per heavy atom. The summed E-state index contributed by atoms with van der Waals surface area (Å²) < 4.78 is 0. The molecule has 0 atom stereocenters. The monoisotopic (exact) mass is 445 g/mol. The van der Waals surface area contributed by atoms with Crippen LogP contribution in [0.15, 0.2) is 72.8 Å². The summed E-state index contributed by atoms with van der Waals surface area (Å²) in [4.78, 5) is 19.7. The highest BCUT2D eigenvalue weighted by Gasteiger charge is 2.23. The third kappa shape index (κ3) is 4.67. The molecular formula is C27H28ClN3O. The standard InChI is InChI=1S/C27H28ClN3O/c28-25-6-3-7-26(18-25)30-14-16-31(17-15-30)27(32)23-10-8-21(9-11-23)19-29-13-12-22-4-1-2-5-24(22)20-29/h1-11,18H,12-17,19-20H2. The number of amides is 1. The number of nitrogens with zero attached hydrogens (tertiary/aromatic N) is 3. The molecule has 2 aliphatic rings. The van der Waals surface area contributed by atoms with Crippen molar-refractivity contribution in [2.45, 2.75) is 19.5 Å². The van der Waals surface area contributed by atoms with Crippen molar-refractivity contribution in [2.75, 3.05) is 37.6 Å². The van der Waals surface area contributed by atoms with Crippen LogP contribution in [0.5, 0.6) is 0 Å². The van der Waals surface area contributed by atoms with Gasteiger partial charge < -0.3 is 9.80 Å². The van der Waals surface area contributed by atoms with Gasteiger partial charge in [0, 0.05) is 62.1 Å². The topological polar surface area (TPSA) is 26.8 Å². The summed E-state index contributed by atoms with van der Waals surface area (Å²) in [6.07, 6.45) is 1.11. The van der Waals surface area contributed by atoms with Crippen LogP contribution < -0.4 is 4.90 Å². The van der Waals surface area contributed by atoms with Crippen LogP contribution in [0.25, 0.3) is 0 Å². The van der Waals surface area contributed by atoms with Gasteiger partial charge in [-0.15, -0.1) is 0 Å². The molecule has 3 aromatic rings. The average Bonchev–Trinajstić information content (AvgIpc) is 2.84. The summed E-state index contributed by atoms with van der Waals surface area (Å²) in [6.45, 7) is 6.07. The Labute approximate surface area is 195 Å². The molecule has 1 fully saturated rings. The first-order valence-corrected chi connectivity index (χ1v) is 11.7. The second-order valence-corrected chi connectivity index (χ2v) is 9.12. The molecule has 32 heavy (non-hydrogen) atoms. The molecular weight excluding hydrogens is 418 g/mol. The van der Waals surface area contributed by atoms with E-state index in [1.54, 1.807) is 0 Å². The highest BCUT2D eigenvalue weighted by molar-refractivity contribution is 6.30. The molecule has 5 rings (SSSR count). The first-order valence-electron chi connectivity index (χ1n) is 11.3. The summed E-state index contributed by atoms with van der Waals surface area (Å²) >= 11 is 6.13. The number of hydrogen-bond donors (Lipinski definition) is 0. The predicted octanol–water partition coefficient (Wildman–Crippen LogP) is 4.86. The lowest BCUT2D eigenvalue weighted by molar-refractivity contribution is 0.0746. The van der Waals surface area contributed by atoms with Crippen molar-refractivity contribution < 1.29 is 4.79 Å². The van der Waals surface area contributed by atoms with Crippen LogP contribution in [0.1, 0.15) is 27.0 Å². The summed E-state index contributed by atoms with van der Waals surface area (Å²) in [5, 5.41) is 0.745. The third-order valence-electron chi connectivity index (χ3n) is 6.56. The van der Waals surface area contributed by atoms with Crippen molar-refractivity contribution in [3.63, 3.8) is 0 Å². The smallest absolute Gasteiger partial charge is 0.253 e. The maximum absolute atomic E-state index is 13.0. The van der Waals surface area contributed by atoms with E-state index in [-0.39, 0.29) is 5.91 Å². The van der Waals surface area contributed by atoms with E-state index in [4.69, 9.17) is 11.6 Å². The molecule has 0 bridgehead atoms. The quantitative estimate of drug-likeness (QED) is 0.573. The van der Waals surface area contributed by atoms with Gasteiger partial charge >= 0.3 is 0 Å². The van der Waals surface area contributed by atoms with Gasteiger partial charge in [0.2, 0.25) is 0 Å². The summed E-state index contributed by atoms with van der Waals surface area (Å²) in [6, 6.07) is 24.8. The molecule has 4 nitrogen and oxygen atoms in total. The Morgan fingerprint density at radius 2 is 1.56 bits per heavy atom. The number of fused-ring (bicyclic) bond motifs is 1. The fourth-order valence-corrected chi connectivity index (χ4v) is 4.91. The summed E-state index contributed by atoms with van der Waals surface area (Å²) in [5.41, 5.74) is 6.05. The van der Waals surface area contributed by atoms with Gasteiger partial charge in [0.15, 0.2) is 0 Å². The minimum Gasteiger partial charge on any atom is -0.368 e. The van der Waals surface area contributed by atoms with Crippen LogP contribution in [0, 0.1) is 0 Å². The fourth-order valence-electron chi connectivity index (χ4n) is 4.72. The predicted molar refractivity (Wildman–Crippen MR) is 130 cm³/mol. The molecule has 0 aliphatic carbocycles. The van der Waals surface area contributed by atoms with Crippen LogP contribution in [0.3, 0.4) is 0 Å². The second-order valence-electron chi connectivity index (χ2n) is 8.69. The SMILES string of the molecule is O=C(c1ccc(CN2CCc3ccccc3C2)cc1)N1CCN(c2cccc(Cl)c2)CC1. The van der Waals surface area contributed by atoms with Crippen LogP contribution in [0.4, 0.5) is 5.69 Å². The highest BCUT2D eigenvalue weighted by Crippen LogP contribution is 2.22. The molecule has 0 saturated carbocycles. The van der Waals surface area contributed by atoms with Crippen LogP contribution in [-0.4, -0.2) is 48.4 Å². The number of carbonyl (C=O) groups excluding carboxylic acids is 1. The molecule has 1 amide bonds. The molecule has 0 unspecified atom stereocenters. The number of carbonyl (C=O) groups is 1. The zero-order valence-electron chi connectivity index (χ0n) is 18.2. The first kappa shape index (κ1) is 21.0. The van der Waals surface area contributed by atoms with Crippen LogP contribution in [-0.2, 0) is 19.5 Å². The van der Waals surface area contributed by atoms with E-state index in [0.717, 1.165) is 68.5 Å². The maximum Gasteiger partial charge on any atom is 0.253 e. The largest absolute Gasteiger partial charge is 0.368 e. The lowest BCUT2D eigenvalue weighted by Crippen LogP contribution is -2.48. The van der Waals surface area contributed by atoms with Crippen molar-refractivity contribution in [1.29, 1.82) is 0 Å². The van der Waals surface area contributed by atoms with E-state index >= 15 is 0 Å². The molecule has 5 heteroatoms. The van der Waals surface area contributed by atoms with Crippen molar-refractivity contribution >= 4 is 23.2 Å². The Morgan fingerprint density at radius 3 is 2.31 bits per heavy atom. The Bertz CT molecular complexity index is 1090. The number of piperazine rings is 1. The van der Waals surface area contributed by atoms with Crippen LogP contribution >= 0.6 is 11.6 Å². The zero-order valence-corrected chi connectivity index (χ0v) is 19.0. The molecule has 0 radical (unpaired) electrons. The van der Waals surface area contributed by atoms with Gasteiger partial charge in [-0.1, -0.05) is 54.1 Å². The van der Waals surface area contributed by atoms with Gasteiger partial charge in [0.1, 0.15) is 0 Å². The second kappa shape index (κ2) is 9.35. The van der Waals surface area contributed by atoms with E-state index in [2.05, 4.69) is 52.3 Å². The number of benzene rings is 3. The molecule has 0 spiro atoms. The lowest BCUT2D eigenvalue weighted by Gasteiger charge is -2.36. The van der Waals surface area contributed by atoms with E-state index in [1.165, 1.54) is 16.7 Å². The van der Waals surface area contributed by atoms with E-state index < -0.39 is 0 Å². The lowest BCUT2D eigenvalue weighted by atomic mass is 9.99. The molecule has 0 aromatic heterocycles. The average molecular weight is 446 g/mol. The number of anilines is 1. The van der Waals surface area contributed by atoms with Crippen molar-refractivity contribution in [1.82, 2.24) is 9.80 Å². The van der Waals surface area contributed by atoms with Gasteiger partial charge in [0.05, 0.1) is 0 Å². The summed E-state index contributed by atoms with van der Waals surface area (Å²) in [5.74, 6) is 0.120. The van der Waals surface area contributed by atoms with E-state index in [1.807, 2.05) is 35.2 Å². The normalized spacial score (nSPS) is 16.7. The molecule has 1 saturated heterocycles. The highest BCUT2D eigenvalue weighted by atomic mass is 35.5. The fraction of sp³-hybridized carbons (Fsp3) is 0.296. The molecule has 2 heterocycles. The minimum atomic E-state index is 0.120. The number of rotatable bonds is 4. The first-order chi connectivity index (χ1) is 15.7. The molecule has 2 aliphatic heterocycles. The van der Waals surface area contributed by atoms with Gasteiger partial charge in [-0.25, -0.2) is 0 Å². The van der Waals surface area contributed by atoms with Gasteiger partial charge in [-0.05, 0) is 53.4 Å². The zero-order chi connectivity index (χ0) is 21.9. The Kier molecular flexibility index (Phi) is 6.15. The number of hydrogen-bond acceptors (Lipinski definition) is 3. The van der Waals surface area contributed by atoms with Crippen LogP contribution in [0.2, 0.25) is 5.02 Å². The Balaban J connectivity index is 1.16. The molecule has 3 aromatic carbocycles. The Hall–Kier alpha value is -2.82. The third-order valence-corrected chi connectivity index (χ3v) is 6.79. The minimum absolute atomic E-state index is 0.120. The van der Waals surface area contributed by atoms with Crippen molar-refractivity contribution in [3.8, 4) is 0 Å². The van der Waals surface area contributed by atoms with Crippen molar-refractivity contribution in [3.05, 3.63) is 100 Å². The van der Waals surface area contributed by atoms with E-state index in [0.29, 0.717) is 0 Å². The number of halogens is 1. The van der Waals surface area contributed by atoms with Gasteiger partial charge in [0.25, 0.3) is 5.91 Å². The molecule has 0 N–H and O–H groups in total. The summed E-state index contributed by atoms with van der Waals surface area (Å²) in [7, 11) is 0. The van der Waals surface area contributed by atoms with Crippen molar-refractivity contribution in [2.24, 2.45) is 0 Å². The van der Waals surface area contributed by atoms with Gasteiger partial charge in [-0.3, -0.25) is 9.69 Å². The maximum atomic E-state index is 13.0. The van der Waals surface area contributed by atoms with E-state index in [9.17, 15) is 4.79 Å². The van der Waals surface area contributed by atoms with Gasteiger partial charge in [-0.2, -0.15) is 0 Å².